The minimum absolute atomic E-state index is 0.0307. The molecule has 5 heteroatoms. The number of hydrogen-bond donors (Lipinski definition) is 1. The van der Waals surface area contributed by atoms with E-state index in [4.69, 9.17) is 0 Å². The topological polar surface area (TPSA) is 55.4 Å². The number of carbonyl (C=O) groups excluding carboxylic acids is 2. The standard InChI is InChI=1S/C13H16BrNO3/c1-8(2)11(13(17)18-3)15-12(16)9-4-6-10(14)7-5-9/h4-8,11H,1-3H3,(H,15,16)/t11-/m1/s1. The lowest BCUT2D eigenvalue weighted by molar-refractivity contribution is -0.144. The minimum atomic E-state index is -0.633. The minimum Gasteiger partial charge on any atom is -0.467 e. The number of rotatable bonds is 4. The number of carbonyl (C=O) groups is 2. The van der Waals surface area contributed by atoms with Crippen molar-refractivity contribution in [2.75, 3.05) is 7.11 Å². The number of methoxy groups -OCH3 is 1. The van der Waals surface area contributed by atoms with Crippen molar-refractivity contribution in [3.63, 3.8) is 0 Å². The van der Waals surface area contributed by atoms with Crippen molar-refractivity contribution in [3.8, 4) is 0 Å². The average molecular weight is 314 g/mol. The first-order valence-corrected chi connectivity index (χ1v) is 6.39. The zero-order chi connectivity index (χ0) is 13.7. The molecule has 0 radical (unpaired) electrons. The molecule has 0 spiro atoms. The van der Waals surface area contributed by atoms with Crippen LogP contribution in [-0.4, -0.2) is 25.0 Å². The molecule has 0 saturated carbocycles. The molecule has 0 heterocycles. The molecule has 0 aliphatic carbocycles. The molecule has 0 aliphatic heterocycles. The Bertz CT molecular complexity index is 428. The fourth-order valence-corrected chi connectivity index (χ4v) is 1.71. The van der Waals surface area contributed by atoms with Crippen LogP contribution in [-0.2, 0) is 9.53 Å². The molecule has 4 nitrogen and oxygen atoms in total. The first-order chi connectivity index (χ1) is 8.45. The van der Waals surface area contributed by atoms with Crippen LogP contribution in [0.5, 0.6) is 0 Å². The van der Waals surface area contributed by atoms with Gasteiger partial charge < -0.3 is 10.1 Å². The highest BCUT2D eigenvalue weighted by Crippen LogP contribution is 2.11. The number of benzene rings is 1. The van der Waals surface area contributed by atoms with E-state index in [0.29, 0.717) is 5.56 Å². The normalized spacial score (nSPS) is 12.1. The van der Waals surface area contributed by atoms with Crippen molar-refractivity contribution in [3.05, 3.63) is 34.3 Å². The molecule has 1 atom stereocenters. The molecular formula is C13H16BrNO3. The second kappa shape index (κ2) is 6.54. The first-order valence-electron chi connectivity index (χ1n) is 5.60. The fraction of sp³-hybridized carbons (Fsp3) is 0.385. The van der Waals surface area contributed by atoms with E-state index in [1.54, 1.807) is 24.3 Å². The molecule has 1 amide bonds. The summed E-state index contributed by atoms with van der Waals surface area (Å²) in [5.41, 5.74) is 0.507. The lowest BCUT2D eigenvalue weighted by Crippen LogP contribution is -2.45. The van der Waals surface area contributed by atoms with Crippen molar-refractivity contribution in [1.82, 2.24) is 5.32 Å². The maximum absolute atomic E-state index is 12.0. The third kappa shape index (κ3) is 3.84. The number of hydrogen-bond acceptors (Lipinski definition) is 3. The Labute approximate surface area is 115 Å². The van der Waals surface area contributed by atoms with E-state index in [2.05, 4.69) is 26.0 Å². The number of nitrogens with one attached hydrogen (secondary N) is 1. The lowest BCUT2D eigenvalue weighted by Gasteiger charge is -2.19. The summed E-state index contributed by atoms with van der Waals surface area (Å²) in [7, 11) is 1.31. The smallest absolute Gasteiger partial charge is 0.328 e. The molecule has 0 aliphatic rings. The summed E-state index contributed by atoms with van der Waals surface area (Å²) < 4.78 is 5.56. The molecule has 0 fully saturated rings. The number of ether oxygens (including phenoxy) is 1. The van der Waals surface area contributed by atoms with E-state index in [-0.39, 0.29) is 11.8 Å². The van der Waals surface area contributed by atoms with E-state index in [9.17, 15) is 9.59 Å². The molecule has 1 rings (SSSR count). The van der Waals surface area contributed by atoms with Crippen molar-refractivity contribution >= 4 is 27.8 Å². The van der Waals surface area contributed by atoms with Crippen LogP contribution >= 0.6 is 15.9 Å². The van der Waals surface area contributed by atoms with Crippen LogP contribution in [0.2, 0.25) is 0 Å². The zero-order valence-electron chi connectivity index (χ0n) is 10.6. The Hall–Kier alpha value is -1.36. The van der Waals surface area contributed by atoms with Crippen LogP contribution in [0.3, 0.4) is 0 Å². The van der Waals surface area contributed by atoms with Crippen molar-refractivity contribution in [2.45, 2.75) is 19.9 Å². The molecule has 0 unspecified atom stereocenters. The first kappa shape index (κ1) is 14.7. The van der Waals surface area contributed by atoms with Crippen LogP contribution in [0.4, 0.5) is 0 Å². The Morgan fingerprint density at radius 2 is 1.78 bits per heavy atom. The summed E-state index contributed by atoms with van der Waals surface area (Å²) in [6.45, 7) is 3.70. The van der Waals surface area contributed by atoms with Gasteiger partial charge in [0, 0.05) is 10.0 Å². The Balaban J connectivity index is 2.78. The molecule has 1 N–H and O–H groups in total. The molecule has 0 bridgehead atoms. The summed E-state index contributed by atoms with van der Waals surface area (Å²) in [6, 6.07) is 6.29. The monoisotopic (exact) mass is 313 g/mol. The largest absolute Gasteiger partial charge is 0.467 e. The van der Waals surface area contributed by atoms with Gasteiger partial charge in [0.25, 0.3) is 5.91 Å². The number of amides is 1. The molecule has 1 aromatic carbocycles. The summed E-state index contributed by atoms with van der Waals surface area (Å²) >= 11 is 3.30. The summed E-state index contributed by atoms with van der Waals surface area (Å²) in [6.07, 6.45) is 0. The van der Waals surface area contributed by atoms with E-state index < -0.39 is 12.0 Å². The second-order valence-electron chi connectivity index (χ2n) is 4.23. The average Bonchev–Trinajstić information content (AvgIpc) is 2.35. The van der Waals surface area contributed by atoms with Gasteiger partial charge in [-0.05, 0) is 30.2 Å². The zero-order valence-corrected chi connectivity index (χ0v) is 12.2. The Morgan fingerprint density at radius 1 is 1.22 bits per heavy atom. The molecule has 0 saturated heterocycles. The predicted octanol–water partition coefficient (Wildman–Crippen LogP) is 2.38. The highest BCUT2D eigenvalue weighted by molar-refractivity contribution is 9.10. The Kier molecular flexibility index (Phi) is 5.34. The van der Waals surface area contributed by atoms with Gasteiger partial charge in [0.1, 0.15) is 6.04 Å². The molecule has 0 aromatic heterocycles. The third-order valence-electron chi connectivity index (χ3n) is 2.51. The highest BCUT2D eigenvalue weighted by Gasteiger charge is 2.25. The van der Waals surface area contributed by atoms with Gasteiger partial charge in [0.2, 0.25) is 0 Å². The van der Waals surface area contributed by atoms with Crippen molar-refractivity contribution in [1.29, 1.82) is 0 Å². The SMILES string of the molecule is COC(=O)[C@H](NC(=O)c1ccc(Br)cc1)C(C)C. The van der Waals surface area contributed by atoms with Crippen molar-refractivity contribution < 1.29 is 14.3 Å². The molecule has 18 heavy (non-hydrogen) atoms. The molecular weight excluding hydrogens is 298 g/mol. The van der Waals surface area contributed by atoms with E-state index in [1.165, 1.54) is 7.11 Å². The van der Waals surface area contributed by atoms with Gasteiger partial charge in [-0.15, -0.1) is 0 Å². The maximum Gasteiger partial charge on any atom is 0.328 e. The summed E-state index contributed by atoms with van der Waals surface area (Å²) in [5.74, 6) is -0.751. The molecule has 1 aromatic rings. The Morgan fingerprint density at radius 3 is 2.22 bits per heavy atom. The van der Waals surface area contributed by atoms with Crippen LogP contribution in [0.1, 0.15) is 24.2 Å². The van der Waals surface area contributed by atoms with Crippen LogP contribution in [0, 0.1) is 5.92 Å². The number of halogens is 1. The van der Waals surface area contributed by atoms with Gasteiger partial charge in [-0.2, -0.15) is 0 Å². The van der Waals surface area contributed by atoms with Gasteiger partial charge in [-0.3, -0.25) is 4.79 Å². The van der Waals surface area contributed by atoms with Crippen LogP contribution < -0.4 is 5.32 Å². The highest BCUT2D eigenvalue weighted by atomic mass is 79.9. The third-order valence-corrected chi connectivity index (χ3v) is 3.04. The van der Waals surface area contributed by atoms with Gasteiger partial charge in [0.15, 0.2) is 0 Å². The van der Waals surface area contributed by atoms with Gasteiger partial charge in [0.05, 0.1) is 7.11 Å². The van der Waals surface area contributed by atoms with Gasteiger partial charge >= 0.3 is 5.97 Å². The number of esters is 1. The quantitative estimate of drug-likeness (QED) is 0.868. The van der Waals surface area contributed by atoms with Crippen LogP contribution in [0.25, 0.3) is 0 Å². The lowest BCUT2D eigenvalue weighted by atomic mass is 10.0. The van der Waals surface area contributed by atoms with E-state index in [1.807, 2.05) is 13.8 Å². The van der Waals surface area contributed by atoms with Gasteiger partial charge in [-0.1, -0.05) is 29.8 Å². The summed E-state index contributed by atoms with van der Waals surface area (Å²) in [4.78, 5) is 23.5. The van der Waals surface area contributed by atoms with Gasteiger partial charge in [-0.25, -0.2) is 4.79 Å². The van der Waals surface area contributed by atoms with Crippen LogP contribution in [0.15, 0.2) is 28.7 Å². The van der Waals surface area contributed by atoms with E-state index in [0.717, 1.165) is 4.47 Å². The fourth-order valence-electron chi connectivity index (χ4n) is 1.45. The second-order valence-corrected chi connectivity index (χ2v) is 5.14. The summed E-state index contributed by atoms with van der Waals surface area (Å²) in [5, 5.41) is 2.67. The predicted molar refractivity (Wildman–Crippen MR) is 72.3 cm³/mol. The maximum atomic E-state index is 12.0. The molecule has 98 valence electrons. The van der Waals surface area contributed by atoms with E-state index >= 15 is 0 Å². The van der Waals surface area contributed by atoms with Crippen molar-refractivity contribution in [2.24, 2.45) is 5.92 Å².